The van der Waals surface area contributed by atoms with Gasteiger partial charge in [-0.3, -0.25) is 14.9 Å². The second-order valence-electron chi connectivity index (χ2n) is 7.75. The number of carbonyl (C=O) groups is 2. The second kappa shape index (κ2) is 9.78. The topological polar surface area (TPSA) is 84.0 Å². The Morgan fingerprint density at radius 2 is 1.86 bits per heavy atom. The predicted molar refractivity (Wildman–Crippen MR) is 112 cm³/mol. The van der Waals surface area contributed by atoms with Gasteiger partial charge in [0, 0.05) is 12.0 Å². The van der Waals surface area contributed by atoms with Gasteiger partial charge in [0.25, 0.3) is 0 Å². The maximum atomic E-state index is 12.7. The van der Waals surface area contributed by atoms with E-state index >= 15 is 0 Å². The summed E-state index contributed by atoms with van der Waals surface area (Å²) in [7, 11) is 0. The lowest BCUT2D eigenvalue weighted by molar-refractivity contribution is -0.127. The molecule has 2 amide bonds. The molecule has 150 valence electrons. The molecular weight excluding hydrogens is 372 g/mol. The van der Waals surface area contributed by atoms with Crippen LogP contribution in [0.25, 0.3) is 10.6 Å². The van der Waals surface area contributed by atoms with E-state index in [-0.39, 0.29) is 17.7 Å². The molecule has 0 saturated heterocycles. The molecule has 0 radical (unpaired) electrons. The molecule has 28 heavy (non-hydrogen) atoms. The van der Waals surface area contributed by atoms with E-state index in [0.29, 0.717) is 17.5 Å². The highest BCUT2D eigenvalue weighted by molar-refractivity contribution is 7.18. The SMILES string of the molecule is CC(C)C(NC(=O)CCC1CCCC1)C(=O)Nc1nnc(-c2ccccc2)s1. The highest BCUT2D eigenvalue weighted by atomic mass is 32.1. The minimum absolute atomic E-state index is 0.0167. The summed E-state index contributed by atoms with van der Waals surface area (Å²) in [6.07, 6.45) is 6.39. The van der Waals surface area contributed by atoms with Crippen molar-refractivity contribution in [2.24, 2.45) is 11.8 Å². The minimum atomic E-state index is -0.583. The van der Waals surface area contributed by atoms with Gasteiger partial charge in [-0.1, -0.05) is 81.2 Å². The molecule has 1 saturated carbocycles. The van der Waals surface area contributed by atoms with Gasteiger partial charge >= 0.3 is 0 Å². The lowest BCUT2D eigenvalue weighted by atomic mass is 10.00. The average Bonchev–Trinajstić information content (AvgIpc) is 3.37. The first-order valence-corrected chi connectivity index (χ1v) is 10.8. The van der Waals surface area contributed by atoms with Crippen LogP contribution in [0.3, 0.4) is 0 Å². The summed E-state index contributed by atoms with van der Waals surface area (Å²) in [6.45, 7) is 3.86. The van der Waals surface area contributed by atoms with Crippen LogP contribution in [0.5, 0.6) is 0 Å². The van der Waals surface area contributed by atoms with Crippen LogP contribution in [-0.2, 0) is 9.59 Å². The van der Waals surface area contributed by atoms with Crippen LogP contribution < -0.4 is 10.6 Å². The van der Waals surface area contributed by atoms with Gasteiger partial charge in [-0.05, 0) is 18.3 Å². The standard InChI is InChI=1S/C21H28N4O2S/c1-14(2)18(22-17(26)13-12-15-8-6-7-9-15)19(27)23-21-25-24-20(28-21)16-10-4-3-5-11-16/h3-5,10-11,14-15,18H,6-9,12-13H2,1-2H3,(H,22,26)(H,23,25,27). The zero-order valence-corrected chi connectivity index (χ0v) is 17.3. The van der Waals surface area contributed by atoms with E-state index in [1.807, 2.05) is 44.2 Å². The Labute approximate surface area is 170 Å². The van der Waals surface area contributed by atoms with Crippen molar-refractivity contribution in [1.29, 1.82) is 0 Å². The number of anilines is 1. The molecule has 0 aliphatic heterocycles. The Balaban J connectivity index is 1.55. The van der Waals surface area contributed by atoms with E-state index in [0.717, 1.165) is 17.0 Å². The molecule has 0 spiro atoms. The summed E-state index contributed by atoms with van der Waals surface area (Å²) >= 11 is 1.32. The van der Waals surface area contributed by atoms with Gasteiger partial charge in [-0.2, -0.15) is 0 Å². The van der Waals surface area contributed by atoms with Crippen molar-refractivity contribution in [2.75, 3.05) is 5.32 Å². The van der Waals surface area contributed by atoms with Gasteiger partial charge in [-0.25, -0.2) is 0 Å². The molecule has 2 N–H and O–H groups in total. The minimum Gasteiger partial charge on any atom is -0.344 e. The van der Waals surface area contributed by atoms with Crippen molar-refractivity contribution < 1.29 is 9.59 Å². The smallest absolute Gasteiger partial charge is 0.249 e. The molecule has 1 heterocycles. The lowest BCUT2D eigenvalue weighted by Gasteiger charge is -2.21. The van der Waals surface area contributed by atoms with Crippen molar-refractivity contribution >= 4 is 28.3 Å². The van der Waals surface area contributed by atoms with Crippen molar-refractivity contribution in [3.63, 3.8) is 0 Å². The number of aromatic nitrogens is 2. The number of carbonyl (C=O) groups excluding carboxylic acids is 2. The molecule has 1 unspecified atom stereocenters. The van der Waals surface area contributed by atoms with Crippen molar-refractivity contribution in [1.82, 2.24) is 15.5 Å². The fourth-order valence-electron chi connectivity index (χ4n) is 3.57. The van der Waals surface area contributed by atoms with E-state index in [9.17, 15) is 9.59 Å². The van der Waals surface area contributed by atoms with Crippen LogP contribution in [-0.4, -0.2) is 28.1 Å². The number of amides is 2. The summed E-state index contributed by atoms with van der Waals surface area (Å²) in [4.78, 5) is 25.1. The Morgan fingerprint density at radius 1 is 1.14 bits per heavy atom. The van der Waals surface area contributed by atoms with E-state index in [2.05, 4.69) is 20.8 Å². The average molecular weight is 401 g/mol. The Hall–Kier alpha value is -2.28. The third-order valence-electron chi connectivity index (χ3n) is 5.20. The molecule has 1 aromatic carbocycles. The molecule has 1 aromatic heterocycles. The van der Waals surface area contributed by atoms with Crippen LogP contribution in [0.4, 0.5) is 5.13 Å². The summed E-state index contributed by atoms with van der Waals surface area (Å²) in [5, 5.41) is 15.1. The molecule has 1 aliphatic carbocycles. The third kappa shape index (κ3) is 5.61. The summed E-state index contributed by atoms with van der Waals surface area (Å²) < 4.78 is 0. The predicted octanol–water partition coefficient (Wildman–Crippen LogP) is 4.25. The van der Waals surface area contributed by atoms with Crippen LogP contribution in [0, 0.1) is 11.8 Å². The molecule has 1 aliphatic rings. The summed E-state index contributed by atoms with van der Waals surface area (Å²) in [5.41, 5.74) is 0.959. The number of nitrogens with zero attached hydrogens (tertiary/aromatic N) is 2. The monoisotopic (exact) mass is 400 g/mol. The highest BCUT2D eigenvalue weighted by Gasteiger charge is 2.26. The first-order valence-electron chi connectivity index (χ1n) is 10.0. The summed E-state index contributed by atoms with van der Waals surface area (Å²) in [6, 6.07) is 9.13. The normalized spacial score (nSPS) is 15.5. The van der Waals surface area contributed by atoms with Crippen molar-refractivity contribution in [3.05, 3.63) is 30.3 Å². The quantitative estimate of drug-likeness (QED) is 0.694. The zero-order chi connectivity index (χ0) is 19.9. The third-order valence-corrected chi connectivity index (χ3v) is 6.08. The number of nitrogens with one attached hydrogen (secondary N) is 2. The molecule has 7 heteroatoms. The molecule has 0 bridgehead atoms. The Kier molecular flexibility index (Phi) is 7.14. The van der Waals surface area contributed by atoms with Crippen molar-refractivity contribution in [2.45, 2.75) is 58.4 Å². The first kappa shape index (κ1) is 20.5. The van der Waals surface area contributed by atoms with Crippen LogP contribution in [0.1, 0.15) is 52.4 Å². The zero-order valence-electron chi connectivity index (χ0n) is 16.5. The van der Waals surface area contributed by atoms with Gasteiger partial charge < -0.3 is 5.32 Å². The number of hydrogen-bond donors (Lipinski definition) is 2. The van der Waals surface area contributed by atoms with E-state index in [1.165, 1.54) is 37.0 Å². The number of hydrogen-bond acceptors (Lipinski definition) is 5. The number of benzene rings is 1. The van der Waals surface area contributed by atoms with Gasteiger partial charge in [0.15, 0.2) is 0 Å². The van der Waals surface area contributed by atoms with E-state index < -0.39 is 6.04 Å². The lowest BCUT2D eigenvalue weighted by Crippen LogP contribution is -2.47. The largest absolute Gasteiger partial charge is 0.344 e. The number of rotatable bonds is 8. The van der Waals surface area contributed by atoms with Crippen molar-refractivity contribution in [3.8, 4) is 10.6 Å². The maximum Gasteiger partial charge on any atom is 0.249 e. The van der Waals surface area contributed by atoms with Crippen LogP contribution >= 0.6 is 11.3 Å². The second-order valence-corrected chi connectivity index (χ2v) is 8.72. The molecule has 1 atom stereocenters. The van der Waals surface area contributed by atoms with Crippen LogP contribution in [0.2, 0.25) is 0 Å². The fourth-order valence-corrected chi connectivity index (χ4v) is 4.32. The maximum absolute atomic E-state index is 12.7. The molecule has 6 nitrogen and oxygen atoms in total. The van der Waals surface area contributed by atoms with Gasteiger partial charge in [0.1, 0.15) is 11.0 Å². The molecule has 1 fully saturated rings. The Morgan fingerprint density at radius 3 is 2.54 bits per heavy atom. The van der Waals surface area contributed by atoms with Gasteiger partial charge in [-0.15, -0.1) is 10.2 Å². The fraction of sp³-hybridized carbons (Fsp3) is 0.524. The molecular formula is C21H28N4O2S. The van der Waals surface area contributed by atoms with E-state index in [1.54, 1.807) is 0 Å². The Bertz CT molecular complexity index is 785. The molecule has 2 aromatic rings. The highest BCUT2D eigenvalue weighted by Crippen LogP contribution is 2.28. The molecule has 3 rings (SSSR count). The first-order chi connectivity index (χ1) is 13.5. The van der Waals surface area contributed by atoms with Crippen LogP contribution in [0.15, 0.2) is 30.3 Å². The van der Waals surface area contributed by atoms with E-state index in [4.69, 9.17) is 0 Å². The van der Waals surface area contributed by atoms with Gasteiger partial charge in [0.2, 0.25) is 16.9 Å². The summed E-state index contributed by atoms with van der Waals surface area (Å²) in [5.74, 6) is 0.342. The van der Waals surface area contributed by atoms with Gasteiger partial charge in [0.05, 0.1) is 0 Å².